The van der Waals surface area contributed by atoms with Crippen molar-refractivity contribution in [3.05, 3.63) is 65.5 Å². The molecule has 192 valence electrons. The number of amides is 1. The first kappa shape index (κ1) is 27.5. The second-order valence-electron chi connectivity index (χ2n) is 11.0. The monoisotopic (exact) mass is 507 g/mol. The van der Waals surface area contributed by atoms with Crippen molar-refractivity contribution in [2.45, 2.75) is 51.7 Å². The Bertz CT molecular complexity index is 1030. The number of nitrogens with zero attached hydrogens (tertiary/aromatic N) is 3. The van der Waals surface area contributed by atoms with E-state index in [1.807, 2.05) is 36.9 Å². The van der Waals surface area contributed by atoms with E-state index >= 15 is 0 Å². The third kappa shape index (κ3) is 5.09. The van der Waals surface area contributed by atoms with Gasteiger partial charge < -0.3 is 10.0 Å². The quantitative estimate of drug-likeness (QED) is 0.660. The van der Waals surface area contributed by atoms with Crippen LogP contribution < -0.4 is 0 Å². The molecule has 2 saturated heterocycles. The smallest absolute Gasteiger partial charge is 0.227 e. The predicted molar refractivity (Wildman–Crippen MR) is 134 cm³/mol. The van der Waals surface area contributed by atoms with Crippen LogP contribution in [0, 0.1) is 29.4 Å². The molecule has 1 unspecified atom stereocenters. The lowest BCUT2D eigenvalue weighted by molar-refractivity contribution is -0.153. The Morgan fingerprint density at radius 1 is 1.06 bits per heavy atom. The molecule has 1 aromatic heterocycles. The molecular formula is C27H36ClF2N3O2. The number of aliphatic hydroxyl groups is 1. The zero-order valence-electron chi connectivity index (χ0n) is 21.0. The Balaban J connectivity index is 0.00000342. The summed E-state index contributed by atoms with van der Waals surface area (Å²) in [6, 6.07) is 9.14. The number of aromatic nitrogens is 1. The lowest BCUT2D eigenvalue weighted by atomic mass is 9.72. The number of carbonyl (C=O) groups is 1. The van der Waals surface area contributed by atoms with Gasteiger partial charge in [-0.1, -0.05) is 26.0 Å². The van der Waals surface area contributed by atoms with Crippen LogP contribution in [-0.2, 0) is 10.4 Å². The van der Waals surface area contributed by atoms with Crippen LogP contribution in [-0.4, -0.2) is 57.5 Å². The number of pyridine rings is 1. The van der Waals surface area contributed by atoms with Crippen LogP contribution in [0.5, 0.6) is 0 Å². The molecule has 0 saturated carbocycles. The summed E-state index contributed by atoms with van der Waals surface area (Å²) >= 11 is 0. The van der Waals surface area contributed by atoms with E-state index < -0.39 is 23.2 Å². The van der Waals surface area contributed by atoms with Gasteiger partial charge in [-0.25, -0.2) is 8.78 Å². The van der Waals surface area contributed by atoms with Crippen molar-refractivity contribution in [1.82, 2.24) is 14.8 Å². The summed E-state index contributed by atoms with van der Waals surface area (Å²) in [5, 5.41) is 11.6. The van der Waals surface area contributed by atoms with Gasteiger partial charge in [-0.2, -0.15) is 0 Å². The molecular weight excluding hydrogens is 472 g/mol. The van der Waals surface area contributed by atoms with Crippen molar-refractivity contribution in [2.24, 2.45) is 17.8 Å². The normalized spacial score (nSPS) is 29.7. The molecule has 1 N–H and O–H groups in total. The van der Waals surface area contributed by atoms with E-state index in [2.05, 4.69) is 30.7 Å². The van der Waals surface area contributed by atoms with Gasteiger partial charge in [-0.05, 0) is 44.5 Å². The Morgan fingerprint density at radius 2 is 1.71 bits per heavy atom. The van der Waals surface area contributed by atoms with Gasteiger partial charge in [0.25, 0.3) is 0 Å². The fourth-order valence-electron chi connectivity index (χ4n) is 5.74. The molecule has 2 fully saturated rings. The summed E-state index contributed by atoms with van der Waals surface area (Å²) in [6.45, 7) is 11.9. The topological polar surface area (TPSA) is 56.7 Å². The van der Waals surface area contributed by atoms with Gasteiger partial charge >= 0.3 is 0 Å². The second-order valence-corrected chi connectivity index (χ2v) is 11.0. The first-order valence-electron chi connectivity index (χ1n) is 12.1. The van der Waals surface area contributed by atoms with Crippen LogP contribution in [0.3, 0.4) is 0 Å². The van der Waals surface area contributed by atoms with Gasteiger partial charge in [0.1, 0.15) is 17.2 Å². The van der Waals surface area contributed by atoms with Gasteiger partial charge in [0.2, 0.25) is 5.91 Å². The van der Waals surface area contributed by atoms with Crippen molar-refractivity contribution >= 4 is 18.3 Å². The summed E-state index contributed by atoms with van der Waals surface area (Å²) in [4.78, 5) is 22.3. The van der Waals surface area contributed by atoms with Gasteiger partial charge in [-0.3, -0.25) is 14.7 Å². The van der Waals surface area contributed by atoms with Crippen LogP contribution in [0.15, 0.2) is 42.6 Å². The molecule has 1 aromatic carbocycles. The molecule has 2 aliphatic heterocycles. The fourth-order valence-corrected chi connectivity index (χ4v) is 5.74. The Kier molecular flexibility index (Phi) is 7.94. The number of hydrogen-bond acceptors (Lipinski definition) is 4. The number of rotatable bonds is 3. The number of hydrogen-bond donors (Lipinski definition) is 1. The minimum absolute atomic E-state index is 0. The number of halogens is 3. The largest absolute Gasteiger partial charge is 0.383 e. The van der Waals surface area contributed by atoms with E-state index in [0.717, 1.165) is 6.07 Å². The lowest BCUT2D eigenvalue weighted by Gasteiger charge is -2.48. The molecule has 2 aliphatic rings. The van der Waals surface area contributed by atoms with Gasteiger partial charge in [0.05, 0.1) is 11.6 Å². The molecule has 35 heavy (non-hydrogen) atoms. The highest BCUT2D eigenvalue weighted by Gasteiger charge is 2.50. The standard InChI is InChI=1S/C27H35F2N3O2.ClH/c1-17-13-31(14-18(2)27(17,34)24-8-6-7-11-30-24)25(33)22-16-32(26(3,4)5)15-21(22)20-10-9-19(28)12-23(20)29;/h6-12,17-18,21-22,34H,13-16H2,1-5H3;1H/t17-,18+,21-,22+,27?;/m0./s1. The van der Waals surface area contributed by atoms with Crippen LogP contribution in [0.4, 0.5) is 8.78 Å². The predicted octanol–water partition coefficient (Wildman–Crippen LogP) is 4.60. The average molecular weight is 508 g/mol. The zero-order chi connectivity index (χ0) is 24.8. The number of benzene rings is 1. The first-order valence-corrected chi connectivity index (χ1v) is 12.1. The highest BCUT2D eigenvalue weighted by molar-refractivity contribution is 5.85. The van der Waals surface area contributed by atoms with Crippen molar-refractivity contribution < 1.29 is 18.7 Å². The zero-order valence-corrected chi connectivity index (χ0v) is 21.9. The highest BCUT2D eigenvalue weighted by atomic mass is 35.5. The van der Waals surface area contributed by atoms with Crippen LogP contribution >= 0.6 is 12.4 Å². The summed E-state index contributed by atoms with van der Waals surface area (Å²) in [5.74, 6) is -2.53. The molecule has 0 radical (unpaired) electrons. The molecule has 5 atom stereocenters. The molecule has 1 amide bonds. The Labute approximate surface area is 212 Å². The third-order valence-corrected chi connectivity index (χ3v) is 7.83. The van der Waals surface area contributed by atoms with Crippen molar-refractivity contribution in [3.63, 3.8) is 0 Å². The van der Waals surface area contributed by atoms with E-state index in [9.17, 15) is 18.7 Å². The van der Waals surface area contributed by atoms with E-state index in [1.165, 1.54) is 12.1 Å². The first-order chi connectivity index (χ1) is 15.9. The molecule has 4 rings (SSSR count). The summed E-state index contributed by atoms with van der Waals surface area (Å²) < 4.78 is 28.4. The maximum Gasteiger partial charge on any atom is 0.227 e. The molecule has 0 bridgehead atoms. The highest BCUT2D eigenvalue weighted by Crippen LogP contribution is 2.43. The molecule has 8 heteroatoms. The van der Waals surface area contributed by atoms with Crippen LogP contribution in [0.25, 0.3) is 0 Å². The van der Waals surface area contributed by atoms with Gasteiger partial charge in [-0.15, -0.1) is 12.4 Å². The van der Waals surface area contributed by atoms with Gasteiger partial charge in [0, 0.05) is 61.7 Å². The Hall–Kier alpha value is -2.09. The SMILES string of the molecule is C[C@@H]1CN(C(=O)[C@@H]2CN(C(C)(C)C)C[C@H]2c2ccc(F)cc2F)C[C@H](C)C1(O)c1ccccn1.Cl. The Morgan fingerprint density at radius 3 is 2.26 bits per heavy atom. The summed E-state index contributed by atoms with van der Waals surface area (Å²) in [5.41, 5.74) is -0.318. The van der Waals surface area contributed by atoms with Crippen molar-refractivity contribution in [3.8, 4) is 0 Å². The van der Waals surface area contributed by atoms with E-state index in [0.29, 0.717) is 37.4 Å². The maximum absolute atomic E-state index is 14.8. The number of carbonyl (C=O) groups excluding carboxylic acids is 1. The second kappa shape index (κ2) is 10.1. The number of piperidine rings is 1. The molecule has 0 aliphatic carbocycles. The van der Waals surface area contributed by atoms with E-state index in [4.69, 9.17) is 0 Å². The van der Waals surface area contributed by atoms with Gasteiger partial charge in [0.15, 0.2) is 0 Å². The van der Waals surface area contributed by atoms with E-state index in [-0.39, 0.29) is 41.6 Å². The molecule has 5 nitrogen and oxygen atoms in total. The van der Waals surface area contributed by atoms with Crippen molar-refractivity contribution in [1.29, 1.82) is 0 Å². The fraction of sp³-hybridized carbons (Fsp3) is 0.556. The summed E-state index contributed by atoms with van der Waals surface area (Å²) in [6.07, 6.45) is 1.67. The minimum atomic E-state index is -1.13. The van der Waals surface area contributed by atoms with E-state index in [1.54, 1.807) is 6.20 Å². The molecule has 0 spiro atoms. The number of likely N-dealkylation sites (tertiary alicyclic amines) is 2. The minimum Gasteiger partial charge on any atom is -0.383 e. The van der Waals surface area contributed by atoms with Crippen LogP contribution in [0.2, 0.25) is 0 Å². The lowest BCUT2D eigenvalue weighted by Crippen LogP contribution is -2.57. The third-order valence-electron chi connectivity index (χ3n) is 7.83. The molecule has 2 aromatic rings. The molecule has 3 heterocycles. The maximum atomic E-state index is 14.8. The van der Waals surface area contributed by atoms with Crippen LogP contribution in [0.1, 0.15) is 51.8 Å². The van der Waals surface area contributed by atoms with Crippen molar-refractivity contribution in [2.75, 3.05) is 26.2 Å². The average Bonchev–Trinajstić information content (AvgIpc) is 3.23. The summed E-state index contributed by atoms with van der Waals surface area (Å²) in [7, 11) is 0.